The fraction of sp³-hybridized carbons (Fsp3) is 0.625. The molecule has 2 aromatic rings. The van der Waals surface area contributed by atoms with Crippen LogP contribution in [0.1, 0.15) is 105 Å². The van der Waals surface area contributed by atoms with Gasteiger partial charge in [-0.1, -0.05) is 119 Å². The molecule has 0 saturated carbocycles. The van der Waals surface area contributed by atoms with Crippen LogP contribution in [0.15, 0.2) is 36.4 Å². The molecular weight excluding hydrogens is 473 g/mol. The maximum atomic E-state index is 12.5. The molecule has 4 heteroatoms. The number of hydrogen-bond acceptors (Lipinski definition) is 2. The van der Waals surface area contributed by atoms with E-state index in [1.54, 1.807) is 0 Å². The van der Waals surface area contributed by atoms with Crippen LogP contribution in [0.5, 0.6) is 0 Å². The van der Waals surface area contributed by atoms with Gasteiger partial charge in [-0.3, -0.25) is 0 Å². The fourth-order valence-corrected chi connectivity index (χ4v) is 17.0. The first-order valence-corrected chi connectivity index (χ1v) is 17.7. The van der Waals surface area contributed by atoms with Crippen molar-refractivity contribution >= 4 is 27.0 Å². The summed E-state index contributed by atoms with van der Waals surface area (Å²) < 4.78 is 0. The van der Waals surface area contributed by atoms with Crippen LogP contribution in [0.2, 0.25) is 20.2 Å². The molecule has 2 N–H and O–H groups in total. The van der Waals surface area contributed by atoms with Crippen LogP contribution in [-0.2, 0) is 25.7 Å². The summed E-state index contributed by atoms with van der Waals surface area (Å²) in [6, 6.07) is 13.9. The van der Waals surface area contributed by atoms with Crippen molar-refractivity contribution in [3.05, 3.63) is 58.7 Å². The van der Waals surface area contributed by atoms with E-state index < -0.39 is 16.6 Å². The SMILES string of the molecule is CC(C)(C)[Si](O)(c1cc2ccc1CCc1ccc(c([Si](O)(C(C)(C)C)C(C)(C)C)c1)CC2)C(C)(C)C. The Bertz CT molecular complexity index is 987. The molecule has 4 aliphatic carbocycles. The average Bonchev–Trinajstić information content (AvgIpc) is 2.70. The molecule has 0 saturated heterocycles. The van der Waals surface area contributed by atoms with Gasteiger partial charge >= 0.3 is 0 Å². The minimum atomic E-state index is -2.87. The van der Waals surface area contributed by atoms with Crippen LogP contribution < -0.4 is 10.4 Å². The number of benzene rings is 2. The highest BCUT2D eigenvalue weighted by molar-refractivity contribution is 6.91. The van der Waals surface area contributed by atoms with Gasteiger partial charge in [-0.15, -0.1) is 0 Å². The van der Waals surface area contributed by atoms with E-state index in [2.05, 4.69) is 119 Å². The molecule has 0 fully saturated rings. The third-order valence-electron chi connectivity index (χ3n) is 8.84. The smallest absolute Gasteiger partial charge is 0.231 e. The summed E-state index contributed by atoms with van der Waals surface area (Å²) in [5.41, 5.74) is 5.17. The van der Waals surface area contributed by atoms with Gasteiger partial charge in [0.05, 0.1) is 0 Å². The van der Waals surface area contributed by atoms with Gasteiger partial charge in [-0.05, 0) is 78.5 Å². The van der Waals surface area contributed by atoms with Crippen molar-refractivity contribution in [3.63, 3.8) is 0 Å². The Morgan fingerprint density at radius 2 is 0.750 bits per heavy atom. The summed E-state index contributed by atoms with van der Waals surface area (Å²) >= 11 is 0. The lowest BCUT2D eigenvalue weighted by Crippen LogP contribution is -2.63. The molecule has 0 heterocycles. The topological polar surface area (TPSA) is 40.5 Å². The largest absolute Gasteiger partial charge is 0.426 e. The third kappa shape index (κ3) is 4.84. The maximum Gasteiger partial charge on any atom is 0.231 e. The first kappa shape index (κ1) is 29.4. The second-order valence-electron chi connectivity index (χ2n) is 15.4. The lowest BCUT2D eigenvalue weighted by Gasteiger charge is -2.48. The predicted octanol–water partition coefficient (Wildman–Crippen LogP) is 7.06. The lowest BCUT2D eigenvalue weighted by atomic mass is 9.96. The van der Waals surface area contributed by atoms with E-state index in [1.165, 1.54) is 32.6 Å². The highest BCUT2D eigenvalue weighted by Crippen LogP contribution is 2.50. The number of aryl methyl sites for hydroxylation is 4. The summed E-state index contributed by atoms with van der Waals surface area (Å²) in [6.45, 7) is 26.7. The zero-order chi connectivity index (χ0) is 27.5. The van der Waals surface area contributed by atoms with Gasteiger partial charge in [0.15, 0.2) is 0 Å². The van der Waals surface area contributed by atoms with Crippen molar-refractivity contribution in [2.24, 2.45) is 0 Å². The number of rotatable bonds is 2. The van der Waals surface area contributed by atoms with Crippen LogP contribution in [0.4, 0.5) is 0 Å². The predicted molar refractivity (Wildman–Crippen MR) is 162 cm³/mol. The van der Waals surface area contributed by atoms with Crippen molar-refractivity contribution in [1.82, 2.24) is 0 Å². The van der Waals surface area contributed by atoms with Gasteiger partial charge in [0.1, 0.15) is 0 Å². The average molecular weight is 525 g/mol. The molecule has 0 aliphatic heterocycles. The van der Waals surface area contributed by atoms with E-state index in [0.717, 1.165) is 25.7 Å². The highest BCUT2D eigenvalue weighted by Gasteiger charge is 2.56. The van der Waals surface area contributed by atoms with Crippen LogP contribution in [0.25, 0.3) is 0 Å². The van der Waals surface area contributed by atoms with Gasteiger partial charge in [0, 0.05) is 0 Å². The van der Waals surface area contributed by atoms with Crippen LogP contribution >= 0.6 is 0 Å². The van der Waals surface area contributed by atoms with Gasteiger partial charge in [-0.25, -0.2) is 0 Å². The molecule has 6 rings (SSSR count). The molecule has 2 nitrogen and oxygen atoms in total. The number of hydrogen-bond donors (Lipinski definition) is 2. The Morgan fingerprint density at radius 1 is 0.472 bits per heavy atom. The zero-order valence-electron chi connectivity index (χ0n) is 25.2. The molecule has 0 aromatic heterocycles. The lowest BCUT2D eigenvalue weighted by molar-refractivity contribution is 0.431. The molecule has 0 spiro atoms. The minimum absolute atomic E-state index is 0.176. The Balaban J connectivity index is 2.21. The van der Waals surface area contributed by atoms with Crippen LogP contribution in [-0.4, -0.2) is 26.2 Å². The quantitative estimate of drug-likeness (QED) is 0.413. The monoisotopic (exact) mass is 524 g/mol. The minimum Gasteiger partial charge on any atom is -0.426 e. The first-order valence-electron chi connectivity index (χ1n) is 13.8. The molecule has 4 bridgehead atoms. The van der Waals surface area contributed by atoms with Gasteiger partial charge in [0.2, 0.25) is 16.6 Å². The standard InChI is InChI=1S/C32H52O2Si2/c1-29(2,3)35(33,30(4,5)6)27-21-23-13-17-25(27)19-15-24-14-18-26(20-16-23)28(22-24)36(34,31(7,8)9)32(10,11)12/h13-14,17-18,21-22,33-34H,15-16,19-20H2,1-12H3. The third-order valence-corrected chi connectivity index (χ3v) is 20.0. The molecule has 2 aromatic carbocycles. The van der Waals surface area contributed by atoms with Crippen LogP contribution in [0.3, 0.4) is 0 Å². The first-order chi connectivity index (χ1) is 16.1. The Hall–Kier alpha value is -1.21. The molecule has 0 atom stereocenters. The normalized spacial score (nSPS) is 16.2. The summed E-state index contributed by atoms with van der Waals surface area (Å²) in [5.74, 6) is 0. The Labute approximate surface area is 223 Å². The van der Waals surface area contributed by atoms with Crippen molar-refractivity contribution in [3.8, 4) is 0 Å². The van der Waals surface area contributed by atoms with E-state index >= 15 is 0 Å². The summed E-state index contributed by atoms with van der Waals surface area (Å²) in [7, 11) is -5.75. The van der Waals surface area contributed by atoms with E-state index in [1.807, 2.05) is 0 Å². The zero-order valence-corrected chi connectivity index (χ0v) is 27.2. The van der Waals surface area contributed by atoms with Gasteiger partial charge in [0.25, 0.3) is 0 Å². The van der Waals surface area contributed by atoms with E-state index in [-0.39, 0.29) is 20.2 Å². The van der Waals surface area contributed by atoms with Crippen molar-refractivity contribution in [1.29, 1.82) is 0 Å². The van der Waals surface area contributed by atoms with Crippen molar-refractivity contribution < 1.29 is 9.59 Å². The molecule has 200 valence electrons. The van der Waals surface area contributed by atoms with E-state index in [0.29, 0.717) is 0 Å². The summed E-state index contributed by atoms with van der Waals surface area (Å²) in [6.07, 6.45) is 3.64. The maximum absolute atomic E-state index is 12.5. The second-order valence-corrected chi connectivity index (χ2v) is 25.3. The van der Waals surface area contributed by atoms with Crippen LogP contribution in [0, 0.1) is 0 Å². The molecule has 0 amide bonds. The molecule has 4 aliphatic rings. The molecule has 0 radical (unpaired) electrons. The van der Waals surface area contributed by atoms with E-state index in [9.17, 15) is 9.59 Å². The second kappa shape index (κ2) is 9.22. The Kier molecular flexibility index (Phi) is 7.51. The fourth-order valence-electron chi connectivity index (χ4n) is 7.09. The van der Waals surface area contributed by atoms with Gasteiger partial charge < -0.3 is 9.59 Å². The van der Waals surface area contributed by atoms with Gasteiger partial charge in [-0.2, -0.15) is 0 Å². The summed E-state index contributed by atoms with van der Waals surface area (Å²) in [5, 5.41) is 1.75. The molecule has 0 unspecified atom stereocenters. The Morgan fingerprint density at radius 3 is 1.00 bits per heavy atom. The molecule has 36 heavy (non-hydrogen) atoms. The molecular formula is C32H52O2Si2. The van der Waals surface area contributed by atoms with Crippen molar-refractivity contribution in [2.75, 3.05) is 0 Å². The highest BCUT2D eigenvalue weighted by atomic mass is 28.4. The van der Waals surface area contributed by atoms with E-state index in [4.69, 9.17) is 0 Å². The van der Waals surface area contributed by atoms with Crippen molar-refractivity contribution in [2.45, 2.75) is 129 Å². The summed E-state index contributed by atoms with van der Waals surface area (Å²) in [4.78, 5) is 25.1.